The Hall–Kier alpha value is -2.49. The molecule has 2 rings (SSSR count). The lowest BCUT2D eigenvalue weighted by molar-refractivity contribution is 0.0963. The number of carbonyl (C=O) groups excluding carboxylic acids is 1. The van der Waals surface area contributed by atoms with Crippen LogP contribution in [0.15, 0.2) is 52.6 Å². The molecule has 0 unspecified atom stereocenters. The molecular formula is C17H19N3O. The maximum absolute atomic E-state index is 11.5. The Morgan fingerprint density at radius 3 is 2.62 bits per heavy atom. The molecule has 108 valence electrons. The molecule has 0 aromatic heterocycles. The summed E-state index contributed by atoms with van der Waals surface area (Å²) in [5, 5.41) is 2.62. The minimum Gasteiger partial charge on any atom is -0.355 e. The van der Waals surface area contributed by atoms with Crippen LogP contribution in [0.4, 0.5) is 0 Å². The predicted molar refractivity (Wildman–Crippen MR) is 88.0 cm³/mol. The molecule has 21 heavy (non-hydrogen) atoms. The topological polar surface area (TPSA) is 53.8 Å². The van der Waals surface area contributed by atoms with Gasteiger partial charge in [-0.15, -0.1) is 0 Å². The lowest BCUT2D eigenvalue weighted by Gasteiger charge is -2.12. The minimum atomic E-state index is -0.0674. The molecule has 0 bridgehead atoms. The summed E-state index contributed by atoms with van der Waals surface area (Å²) in [5.41, 5.74) is 4.04. The summed E-state index contributed by atoms with van der Waals surface area (Å²) in [5.74, 6) is -0.0674. The minimum absolute atomic E-state index is 0.0674. The van der Waals surface area contributed by atoms with Gasteiger partial charge in [0.1, 0.15) is 0 Å². The monoisotopic (exact) mass is 281 g/mol. The van der Waals surface area contributed by atoms with E-state index in [4.69, 9.17) is 0 Å². The summed E-state index contributed by atoms with van der Waals surface area (Å²) in [6, 6.07) is 7.62. The number of amides is 1. The summed E-state index contributed by atoms with van der Waals surface area (Å²) in [4.78, 5) is 19.9. The Balaban J connectivity index is 2.11. The molecule has 1 aliphatic rings. The van der Waals surface area contributed by atoms with E-state index in [-0.39, 0.29) is 5.91 Å². The molecule has 0 radical (unpaired) electrons. The SMILES string of the molecule is CN=C/C=C\C1=NC=C(c2ccc(C(=O)NC)cc2)CC1. The van der Waals surface area contributed by atoms with E-state index in [1.165, 1.54) is 5.57 Å². The fourth-order valence-corrected chi connectivity index (χ4v) is 2.12. The first-order chi connectivity index (χ1) is 10.2. The predicted octanol–water partition coefficient (Wildman–Crippen LogP) is 2.88. The van der Waals surface area contributed by atoms with Crippen LogP contribution in [0.2, 0.25) is 0 Å². The molecule has 0 saturated carbocycles. The van der Waals surface area contributed by atoms with Gasteiger partial charge in [0.2, 0.25) is 0 Å². The van der Waals surface area contributed by atoms with Crippen LogP contribution in [0, 0.1) is 0 Å². The number of hydrogen-bond donors (Lipinski definition) is 1. The first-order valence-electron chi connectivity index (χ1n) is 6.91. The highest BCUT2D eigenvalue weighted by Crippen LogP contribution is 2.24. The third-order valence-corrected chi connectivity index (χ3v) is 3.31. The average Bonchev–Trinajstić information content (AvgIpc) is 2.55. The normalized spacial score (nSPS) is 15.1. The second-order valence-corrected chi connectivity index (χ2v) is 4.70. The van der Waals surface area contributed by atoms with Crippen molar-refractivity contribution in [3.05, 3.63) is 53.7 Å². The van der Waals surface area contributed by atoms with Crippen LogP contribution in [0.25, 0.3) is 5.57 Å². The molecule has 1 aromatic rings. The molecule has 1 amide bonds. The van der Waals surface area contributed by atoms with Gasteiger partial charge in [-0.2, -0.15) is 0 Å². The van der Waals surface area contributed by atoms with Gasteiger partial charge in [0.05, 0.1) is 0 Å². The van der Waals surface area contributed by atoms with Crippen LogP contribution >= 0.6 is 0 Å². The average molecular weight is 281 g/mol. The van der Waals surface area contributed by atoms with Gasteiger partial charge in [0.15, 0.2) is 0 Å². The number of benzene rings is 1. The molecule has 0 atom stereocenters. The van der Waals surface area contributed by atoms with E-state index in [1.54, 1.807) is 20.3 Å². The van der Waals surface area contributed by atoms with E-state index < -0.39 is 0 Å². The van der Waals surface area contributed by atoms with E-state index >= 15 is 0 Å². The number of rotatable bonds is 4. The van der Waals surface area contributed by atoms with Crippen molar-refractivity contribution in [3.63, 3.8) is 0 Å². The molecular weight excluding hydrogens is 262 g/mol. The molecule has 1 heterocycles. The molecule has 0 fully saturated rings. The number of nitrogens with zero attached hydrogens (tertiary/aromatic N) is 2. The molecule has 0 saturated heterocycles. The summed E-state index contributed by atoms with van der Waals surface area (Å²) >= 11 is 0. The number of allylic oxidation sites excluding steroid dienone is 3. The van der Waals surface area contributed by atoms with Crippen molar-refractivity contribution in [2.75, 3.05) is 14.1 Å². The Morgan fingerprint density at radius 1 is 1.29 bits per heavy atom. The van der Waals surface area contributed by atoms with Gasteiger partial charge in [-0.05, 0) is 48.3 Å². The molecule has 1 aliphatic heterocycles. The van der Waals surface area contributed by atoms with E-state index in [9.17, 15) is 4.79 Å². The second-order valence-electron chi connectivity index (χ2n) is 4.70. The molecule has 0 aliphatic carbocycles. The fourth-order valence-electron chi connectivity index (χ4n) is 2.12. The highest BCUT2D eigenvalue weighted by molar-refractivity contribution is 6.00. The van der Waals surface area contributed by atoms with E-state index in [0.29, 0.717) is 5.56 Å². The summed E-state index contributed by atoms with van der Waals surface area (Å²) in [7, 11) is 3.38. The molecule has 0 spiro atoms. The van der Waals surface area contributed by atoms with Gasteiger partial charge in [0, 0.05) is 37.8 Å². The highest BCUT2D eigenvalue weighted by Gasteiger charge is 2.09. The van der Waals surface area contributed by atoms with Crippen molar-refractivity contribution < 1.29 is 4.79 Å². The van der Waals surface area contributed by atoms with Crippen LogP contribution in [0.1, 0.15) is 28.8 Å². The second kappa shape index (κ2) is 7.33. The van der Waals surface area contributed by atoms with Gasteiger partial charge in [-0.1, -0.05) is 12.1 Å². The molecule has 1 aromatic carbocycles. The van der Waals surface area contributed by atoms with Crippen molar-refractivity contribution in [2.24, 2.45) is 9.98 Å². The maximum Gasteiger partial charge on any atom is 0.251 e. The van der Waals surface area contributed by atoms with Crippen LogP contribution in [-0.2, 0) is 0 Å². The first kappa shape index (κ1) is 14.9. The van der Waals surface area contributed by atoms with Crippen molar-refractivity contribution >= 4 is 23.4 Å². The van der Waals surface area contributed by atoms with Crippen molar-refractivity contribution in [1.82, 2.24) is 5.32 Å². The third-order valence-electron chi connectivity index (χ3n) is 3.31. The zero-order valence-corrected chi connectivity index (χ0v) is 12.3. The van der Waals surface area contributed by atoms with Gasteiger partial charge in [-0.3, -0.25) is 14.8 Å². The van der Waals surface area contributed by atoms with E-state index in [1.807, 2.05) is 42.6 Å². The maximum atomic E-state index is 11.5. The van der Waals surface area contributed by atoms with Crippen molar-refractivity contribution in [2.45, 2.75) is 12.8 Å². The summed E-state index contributed by atoms with van der Waals surface area (Å²) in [6.07, 6.45) is 9.40. The molecule has 1 N–H and O–H groups in total. The number of nitrogens with one attached hydrogen (secondary N) is 1. The summed E-state index contributed by atoms with van der Waals surface area (Å²) < 4.78 is 0. The first-order valence-corrected chi connectivity index (χ1v) is 6.91. The van der Waals surface area contributed by atoms with Crippen molar-refractivity contribution in [1.29, 1.82) is 0 Å². The van der Waals surface area contributed by atoms with E-state index in [2.05, 4.69) is 15.3 Å². The van der Waals surface area contributed by atoms with Gasteiger partial charge in [0.25, 0.3) is 5.91 Å². The zero-order chi connectivity index (χ0) is 15.1. The largest absolute Gasteiger partial charge is 0.355 e. The lowest BCUT2D eigenvalue weighted by Crippen LogP contribution is -2.17. The number of aliphatic imine (C=N–C) groups is 2. The molecule has 4 heteroatoms. The highest BCUT2D eigenvalue weighted by atomic mass is 16.1. The van der Waals surface area contributed by atoms with Crippen LogP contribution in [0.5, 0.6) is 0 Å². The Kier molecular flexibility index (Phi) is 5.21. The Labute approximate surface area is 125 Å². The van der Waals surface area contributed by atoms with Gasteiger partial charge >= 0.3 is 0 Å². The quantitative estimate of drug-likeness (QED) is 0.848. The van der Waals surface area contributed by atoms with Crippen LogP contribution in [-0.4, -0.2) is 31.9 Å². The summed E-state index contributed by atoms with van der Waals surface area (Å²) in [6.45, 7) is 0. The molecule has 4 nitrogen and oxygen atoms in total. The lowest BCUT2D eigenvalue weighted by atomic mass is 9.97. The van der Waals surface area contributed by atoms with Gasteiger partial charge in [-0.25, -0.2) is 0 Å². The zero-order valence-electron chi connectivity index (χ0n) is 12.3. The number of hydrogen-bond acceptors (Lipinski definition) is 3. The standard InChI is InChI=1S/C17H19N3O/c1-18-11-3-4-16-10-9-15(12-20-16)13-5-7-14(8-6-13)17(21)19-2/h3-8,11-12H,9-10H2,1-2H3,(H,19,21)/b4-3-,18-11?. The fraction of sp³-hybridized carbons (Fsp3) is 0.235. The van der Waals surface area contributed by atoms with Crippen molar-refractivity contribution in [3.8, 4) is 0 Å². The van der Waals surface area contributed by atoms with Crippen LogP contribution in [0.3, 0.4) is 0 Å². The Morgan fingerprint density at radius 2 is 2.05 bits per heavy atom. The van der Waals surface area contributed by atoms with E-state index in [0.717, 1.165) is 24.1 Å². The Bertz CT molecular complexity index is 622. The van der Waals surface area contributed by atoms with Gasteiger partial charge < -0.3 is 5.32 Å². The smallest absolute Gasteiger partial charge is 0.251 e. The van der Waals surface area contributed by atoms with Crippen LogP contribution < -0.4 is 5.32 Å². The number of carbonyl (C=O) groups is 1. The third kappa shape index (κ3) is 3.99.